The minimum atomic E-state index is -0.539. The number of esters is 1. The van der Waals surface area contributed by atoms with E-state index in [-0.39, 0.29) is 0 Å². The number of aromatic nitrogens is 1. The molecular formula is C18H22BNO4. The van der Waals surface area contributed by atoms with E-state index < -0.39 is 24.3 Å². The Bertz CT molecular complexity index is 800. The van der Waals surface area contributed by atoms with Crippen LogP contribution in [0.5, 0.6) is 0 Å². The Morgan fingerprint density at radius 1 is 1.21 bits per heavy atom. The van der Waals surface area contributed by atoms with E-state index >= 15 is 0 Å². The van der Waals surface area contributed by atoms with Crippen molar-refractivity contribution < 1.29 is 18.8 Å². The number of aryl methyl sites for hydroxylation is 1. The fraction of sp³-hybridized carbons (Fsp3) is 0.444. The van der Waals surface area contributed by atoms with Crippen LogP contribution in [-0.4, -0.2) is 36.4 Å². The quantitative estimate of drug-likeness (QED) is 0.627. The number of methoxy groups -OCH3 is 1. The molecule has 2 heterocycles. The van der Waals surface area contributed by atoms with Crippen molar-refractivity contribution >= 4 is 29.5 Å². The Kier molecular flexibility index (Phi) is 3.93. The average Bonchev–Trinajstić information content (AvgIpc) is 2.75. The second kappa shape index (κ2) is 5.57. The van der Waals surface area contributed by atoms with Gasteiger partial charge in [0.2, 0.25) is 0 Å². The number of carbonyl (C=O) groups is 1. The molecule has 0 spiro atoms. The molecule has 1 saturated heterocycles. The largest absolute Gasteiger partial charge is 0.495 e. The van der Waals surface area contributed by atoms with E-state index in [0.717, 1.165) is 16.4 Å². The molecule has 0 saturated carbocycles. The van der Waals surface area contributed by atoms with Crippen molar-refractivity contribution in [3.05, 3.63) is 35.5 Å². The predicted octanol–water partition coefficient (Wildman–Crippen LogP) is 2.63. The van der Waals surface area contributed by atoms with E-state index in [1.54, 1.807) is 12.3 Å². The first kappa shape index (κ1) is 16.9. The first-order valence-corrected chi connectivity index (χ1v) is 8.00. The lowest BCUT2D eigenvalue weighted by Crippen LogP contribution is -2.41. The second-order valence-corrected chi connectivity index (χ2v) is 7.12. The summed E-state index contributed by atoms with van der Waals surface area (Å²) in [6.45, 7) is 10.0. The van der Waals surface area contributed by atoms with Crippen molar-refractivity contribution in [1.29, 1.82) is 0 Å². The number of fused-ring (bicyclic) bond motifs is 1. The van der Waals surface area contributed by atoms with Gasteiger partial charge in [-0.2, -0.15) is 0 Å². The van der Waals surface area contributed by atoms with Gasteiger partial charge in [0.15, 0.2) is 0 Å². The third kappa shape index (κ3) is 2.50. The number of hydrogen-bond donors (Lipinski definition) is 0. The van der Waals surface area contributed by atoms with Crippen molar-refractivity contribution in [1.82, 2.24) is 4.98 Å². The van der Waals surface area contributed by atoms with Crippen LogP contribution in [0.25, 0.3) is 10.9 Å². The molecule has 0 aliphatic carbocycles. The Hall–Kier alpha value is -1.92. The van der Waals surface area contributed by atoms with Crippen LogP contribution in [0.1, 0.15) is 43.6 Å². The van der Waals surface area contributed by atoms with Gasteiger partial charge in [-0.1, -0.05) is 6.07 Å². The second-order valence-electron chi connectivity index (χ2n) is 7.12. The van der Waals surface area contributed by atoms with Gasteiger partial charge in [-0.05, 0) is 57.8 Å². The molecule has 126 valence electrons. The van der Waals surface area contributed by atoms with Crippen LogP contribution in [0, 0.1) is 6.92 Å². The zero-order valence-corrected chi connectivity index (χ0v) is 15.0. The van der Waals surface area contributed by atoms with Crippen LogP contribution in [0.15, 0.2) is 24.4 Å². The molecule has 1 aromatic carbocycles. The number of benzene rings is 1. The van der Waals surface area contributed by atoms with Crippen LogP contribution in [-0.2, 0) is 14.0 Å². The molecule has 3 rings (SSSR count). The maximum absolute atomic E-state index is 12.2. The SMILES string of the molecule is COC(=O)c1cc(B2OC(C)(C)C(C)(C)O2)c(C)c2cccnc12. The molecule has 1 aliphatic rings. The fourth-order valence-corrected chi connectivity index (χ4v) is 2.89. The Balaban J connectivity index is 2.19. The van der Waals surface area contributed by atoms with Gasteiger partial charge >= 0.3 is 13.1 Å². The van der Waals surface area contributed by atoms with Gasteiger partial charge in [0.1, 0.15) is 0 Å². The number of nitrogens with zero attached hydrogens (tertiary/aromatic N) is 1. The zero-order valence-electron chi connectivity index (χ0n) is 15.0. The molecule has 0 amide bonds. The minimum absolute atomic E-state index is 0.420. The summed E-state index contributed by atoms with van der Waals surface area (Å²) in [6.07, 6.45) is 1.67. The highest BCUT2D eigenvalue weighted by Gasteiger charge is 2.52. The standard InChI is InChI=1S/C18H22BNO4/c1-11-12-8-7-9-20-15(12)13(16(21)22-6)10-14(11)19-23-17(2,3)18(4,5)24-19/h7-10H,1-6H3. The lowest BCUT2D eigenvalue weighted by Gasteiger charge is -2.32. The average molecular weight is 327 g/mol. The van der Waals surface area contributed by atoms with E-state index in [2.05, 4.69) is 4.98 Å². The molecular weight excluding hydrogens is 305 g/mol. The van der Waals surface area contributed by atoms with Crippen molar-refractivity contribution in [2.75, 3.05) is 7.11 Å². The van der Waals surface area contributed by atoms with Gasteiger partial charge in [0.25, 0.3) is 0 Å². The van der Waals surface area contributed by atoms with Crippen LogP contribution in [0.3, 0.4) is 0 Å². The number of rotatable bonds is 2. The summed E-state index contributed by atoms with van der Waals surface area (Å²) in [5.74, 6) is -0.420. The monoisotopic (exact) mass is 327 g/mol. The van der Waals surface area contributed by atoms with Crippen molar-refractivity contribution in [2.24, 2.45) is 0 Å². The van der Waals surface area contributed by atoms with Crippen molar-refractivity contribution in [2.45, 2.75) is 45.8 Å². The highest BCUT2D eigenvalue weighted by Crippen LogP contribution is 2.37. The highest BCUT2D eigenvalue weighted by molar-refractivity contribution is 6.63. The van der Waals surface area contributed by atoms with E-state index in [4.69, 9.17) is 14.0 Å². The van der Waals surface area contributed by atoms with Gasteiger partial charge < -0.3 is 14.0 Å². The summed E-state index contributed by atoms with van der Waals surface area (Å²) >= 11 is 0. The topological polar surface area (TPSA) is 57.7 Å². The molecule has 2 aromatic rings. The zero-order chi connectivity index (χ0) is 17.7. The van der Waals surface area contributed by atoms with Gasteiger partial charge in [-0.3, -0.25) is 4.98 Å². The first-order chi connectivity index (χ1) is 11.2. The van der Waals surface area contributed by atoms with Gasteiger partial charge in [-0.15, -0.1) is 0 Å². The Labute approximate surface area is 142 Å². The molecule has 5 nitrogen and oxygen atoms in total. The number of hydrogen-bond acceptors (Lipinski definition) is 5. The van der Waals surface area contributed by atoms with Crippen molar-refractivity contribution in [3.8, 4) is 0 Å². The molecule has 0 unspecified atom stereocenters. The number of ether oxygens (including phenoxy) is 1. The predicted molar refractivity (Wildman–Crippen MR) is 93.5 cm³/mol. The Morgan fingerprint density at radius 3 is 2.42 bits per heavy atom. The van der Waals surface area contributed by atoms with Crippen LogP contribution >= 0.6 is 0 Å². The molecule has 1 aromatic heterocycles. The normalized spacial score (nSPS) is 18.8. The van der Waals surface area contributed by atoms with E-state index in [0.29, 0.717) is 11.1 Å². The summed E-state index contributed by atoms with van der Waals surface area (Å²) in [6, 6.07) is 5.57. The highest BCUT2D eigenvalue weighted by atomic mass is 16.7. The van der Waals surface area contributed by atoms with Gasteiger partial charge in [0.05, 0.1) is 29.4 Å². The summed E-state index contributed by atoms with van der Waals surface area (Å²) < 4.78 is 17.2. The molecule has 0 radical (unpaired) electrons. The lowest BCUT2D eigenvalue weighted by atomic mass is 9.74. The number of carbonyl (C=O) groups excluding carboxylic acids is 1. The smallest absolute Gasteiger partial charge is 0.465 e. The third-order valence-corrected chi connectivity index (χ3v) is 5.11. The summed E-state index contributed by atoms with van der Waals surface area (Å²) in [4.78, 5) is 16.6. The lowest BCUT2D eigenvalue weighted by molar-refractivity contribution is 0.00578. The van der Waals surface area contributed by atoms with Crippen LogP contribution in [0.2, 0.25) is 0 Å². The molecule has 0 N–H and O–H groups in total. The minimum Gasteiger partial charge on any atom is -0.465 e. The third-order valence-electron chi connectivity index (χ3n) is 5.11. The maximum Gasteiger partial charge on any atom is 0.495 e. The van der Waals surface area contributed by atoms with Gasteiger partial charge in [0, 0.05) is 11.6 Å². The van der Waals surface area contributed by atoms with E-state index in [9.17, 15) is 4.79 Å². The molecule has 1 fully saturated rings. The Morgan fingerprint density at radius 2 is 1.83 bits per heavy atom. The maximum atomic E-state index is 12.2. The van der Waals surface area contributed by atoms with E-state index in [1.165, 1.54) is 7.11 Å². The summed E-state index contributed by atoms with van der Waals surface area (Å²) in [5.41, 5.74) is 1.98. The van der Waals surface area contributed by atoms with Crippen LogP contribution < -0.4 is 5.46 Å². The summed E-state index contributed by atoms with van der Waals surface area (Å²) in [7, 11) is 0.828. The first-order valence-electron chi connectivity index (χ1n) is 8.00. The molecule has 1 aliphatic heterocycles. The summed E-state index contributed by atoms with van der Waals surface area (Å²) in [5, 5.41) is 0.894. The fourth-order valence-electron chi connectivity index (χ4n) is 2.89. The number of pyridine rings is 1. The van der Waals surface area contributed by atoms with Crippen molar-refractivity contribution in [3.63, 3.8) is 0 Å². The molecule has 24 heavy (non-hydrogen) atoms. The molecule has 0 atom stereocenters. The van der Waals surface area contributed by atoms with E-state index in [1.807, 2.05) is 46.8 Å². The van der Waals surface area contributed by atoms with Crippen LogP contribution in [0.4, 0.5) is 0 Å². The van der Waals surface area contributed by atoms with Gasteiger partial charge in [-0.25, -0.2) is 4.79 Å². The molecule has 6 heteroatoms. The molecule has 0 bridgehead atoms.